The first kappa shape index (κ1) is 18.5. The van der Waals surface area contributed by atoms with E-state index < -0.39 is 5.97 Å². The number of hydrogen-bond acceptors (Lipinski definition) is 6. The van der Waals surface area contributed by atoms with Gasteiger partial charge in [-0.1, -0.05) is 5.16 Å². The quantitative estimate of drug-likeness (QED) is 0.689. The van der Waals surface area contributed by atoms with Crippen molar-refractivity contribution >= 4 is 11.9 Å². The Kier molecular flexibility index (Phi) is 4.48. The first-order valence-electron chi connectivity index (χ1n) is 10.4. The molecule has 6 rings (SSSR count). The van der Waals surface area contributed by atoms with Gasteiger partial charge in [-0.3, -0.25) is 4.79 Å². The number of ether oxygens (including phenoxy) is 1. The van der Waals surface area contributed by atoms with Gasteiger partial charge in [0.2, 0.25) is 5.76 Å². The van der Waals surface area contributed by atoms with E-state index in [-0.39, 0.29) is 23.8 Å². The lowest BCUT2D eigenvalue weighted by Crippen LogP contribution is -2.61. The minimum Gasteiger partial charge on any atom is -0.467 e. The van der Waals surface area contributed by atoms with E-state index in [4.69, 9.17) is 13.7 Å². The summed E-state index contributed by atoms with van der Waals surface area (Å²) in [7, 11) is 0. The van der Waals surface area contributed by atoms with E-state index in [0.717, 1.165) is 25.0 Å². The molecule has 7 nitrogen and oxygen atoms in total. The Balaban J connectivity index is 1.34. The lowest BCUT2D eigenvalue weighted by atomic mass is 9.52. The van der Waals surface area contributed by atoms with Gasteiger partial charge >= 0.3 is 5.97 Å². The van der Waals surface area contributed by atoms with E-state index in [9.17, 15) is 9.59 Å². The maximum Gasteiger partial charge on any atom is 0.377 e. The van der Waals surface area contributed by atoms with Crippen LogP contribution in [0.15, 0.2) is 33.4 Å². The molecule has 2 heterocycles. The number of furan rings is 1. The van der Waals surface area contributed by atoms with E-state index in [1.165, 1.54) is 25.3 Å². The number of carbonyl (C=O) groups is 2. The van der Waals surface area contributed by atoms with Crippen LogP contribution in [0.5, 0.6) is 0 Å². The summed E-state index contributed by atoms with van der Waals surface area (Å²) in [5.41, 5.74) is 0.449. The van der Waals surface area contributed by atoms with Crippen molar-refractivity contribution in [2.75, 3.05) is 6.61 Å². The van der Waals surface area contributed by atoms with Gasteiger partial charge in [0.15, 0.2) is 6.61 Å². The first-order chi connectivity index (χ1) is 14.0. The van der Waals surface area contributed by atoms with Crippen molar-refractivity contribution in [2.45, 2.75) is 57.5 Å². The topological polar surface area (TPSA) is 85.8 Å². The Bertz CT molecular complexity index is 865. The summed E-state index contributed by atoms with van der Waals surface area (Å²) in [6, 6.07) is 5.24. The van der Waals surface area contributed by atoms with Gasteiger partial charge in [0.1, 0.15) is 5.76 Å². The molecule has 154 valence electrons. The minimum absolute atomic E-state index is 0.0164. The van der Waals surface area contributed by atoms with Gasteiger partial charge in [-0.05, 0) is 75.3 Å². The maximum atomic E-state index is 13.3. The van der Waals surface area contributed by atoms with Crippen LogP contribution in [-0.4, -0.2) is 34.1 Å². The Labute approximate surface area is 169 Å². The van der Waals surface area contributed by atoms with Crippen LogP contribution in [0, 0.1) is 24.7 Å². The number of nitrogens with zero attached hydrogens (tertiary/aromatic N) is 2. The zero-order valence-electron chi connectivity index (χ0n) is 16.6. The molecule has 1 amide bonds. The first-order valence-corrected chi connectivity index (χ1v) is 10.4. The molecule has 0 saturated heterocycles. The highest BCUT2D eigenvalue weighted by Gasteiger charge is 2.54. The third-order valence-corrected chi connectivity index (χ3v) is 6.93. The number of aryl methyl sites for hydroxylation is 1. The van der Waals surface area contributed by atoms with Gasteiger partial charge in [0.05, 0.1) is 18.5 Å². The van der Waals surface area contributed by atoms with Crippen LogP contribution in [0.4, 0.5) is 0 Å². The predicted molar refractivity (Wildman–Crippen MR) is 102 cm³/mol. The zero-order valence-corrected chi connectivity index (χ0v) is 16.6. The number of aromatic nitrogens is 1. The number of esters is 1. The summed E-state index contributed by atoms with van der Waals surface area (Å²) in [6.45, 7) is 1.83. The van der Waals surface area contributed by atoms with Crippen LogP contribution in [0.3, 0.4) is 0 Å². The highest BCUT2D eigenvalue weighted by Crippen LogP contribution is 2.58. The van der Waals surface area contributed by atoms with Crippen molar-refractivity contribution in [2.24, 2.45) is 17.8 Å². The molecular weight excluding hydrogens is 372 g/mol. The molecule has 4 aliphatic rings. The summed E-state index contributed by atoms with van der Waals surface area (Å²) >= 11 is 0. The molecule has 2 aromatic heterocycles. The zero-order chi connectivity index (χ0) is 20.0. The van der Waals surface area contributed by atoms with E-state index in [1.807, 2.05) is 17.0 Å². The molecule has 0 unspecified atom stereocenters. The minimum atomic E-state index is -0.664. The van der Waals surface area contributed by atoms with Crippen molar-refractivity contribution in [3.05, 3.63) is 41.7 Å². The fraction of sp³-hybridized carbons (Fsp3) is 0.591. The SMILES string of the molecule is Cc1cc(C(=O)OCC(=O)N(Cc2ccco2)C23CC4CC(CC(C4)C2)C3)on1. The molecule has 4 saturated carbocycles. The molecule has 4 fully saturated rings. The van der Waals surface area contributed by atoms with Crippen LogP contribution in [0.2, 0.25) is 0 Å². The fourth-order valence-corrected chi connectivity index (χ4v) is 6.21. The lowest BCUT2D eigenvalue weighted by molar-refractivity contribution is -0.156. The number of carbonyl (C=O) groups excluding carboxylic acids is 2. The van der Waals surface area contributed by atoms with E-state index >= 15 is 0 Å². The summed E-state index contributed by atoms with van der Waals surface area (Å²) < 4.78 is 15.8. The molecule has 2 aromatic rings. The molecule has 0 aliphatic heterocycles. The molecule has 0 N–H and O–H groups in total. The average molecular weight is 398 g/mol. The standard InChI is InChI=1S/C22H26N2O5/c1-14-5-19(29-23-14)21(26)28-13-20(25)24(12-18-3-2-4-27-18)22-9-15-6-16(10-22)8-17(7-15)11-22/h2-5,15-17H,6-13H2,1H3. The second-order valence-corrected chi connectivity index (χ2v) is 9.11. The molecule has 0 radical (unpaired) electrons. The van der Waals surface area contributed by atoms with Crippen LogP contribution in [-0.2, 0) is 16.1 Å². The number of rotatable bonds is 6. The molecular formula is C22H26N2O5. The van der Waals surface area contributed by atoms with Crippen LogP contribution < -0.4 is 0 Å². The average Bonchev–Trinajstić information content (AvgIpc) is 3.34. The summed E-state index contributed by atoms with van der Waals surface area (Å²) in [5, 5.41) is 3.69. The Morgan fingerprint density at radius 2 is 1.90 bits per heavy atom. The number of amides is 1. The van der Waals surface area contributed by atoms with Gasteiger partial charge in [0, 0.05) is 11.6 Å². The molecule has 0 aromatic carbocycles. The van der Waals surface area contributed by atoms with Gasteiger partial charge in [-0.15, -0.1) is 0 Å². The van der Waals surface area contributed by atoms with Crippen molar-refractivity contribution < 1.29 is 23.3 Å². The van der Waals surface area contributed by atoms with Crippen molar-refractivity contribution in [3.8, 4) is 0 Å². The number of hydrogen-bond donors (Lipinski definition) is 0. The largest absolute Gasteiger partial charge is 0.467 e. The van der Waals surface area contributed by atoms with Crippen molar-refractivity contribution in [1.29, 1.82) is 0 Å². The normalized spacial score (nSPS) is 29.8. The lowest BCUT2D eigenvalue weighted by Gasteiger charge is -2.60. The van der Waals surface area contributed by atoms with Crippen LogP contribution in [0.1, 0.15) is 60.5 Å². The highest BCUT2D eigenvalue weighted by atomic mass is 16.6. The van der Waals surface area contributed by atoms with Gasteiger partial charge < -0.3 is 18.6 Å². The molecule has 0 atom stereocenters. The van der Waals surface area contributed by atoms with Crippen molar-refractivity contribution in [3.63, 3.8) is 0 Å². The van der Waals surface area contributed by atoms with E-state index in [0.29, 0.717) is 30.0 Å². The van der Waals surface area contributed by atoms with Gasteiger partial charge in [-0.25, -0.2) is 4.79 Å². The maximum absolute atomic E-state index is 13.3. The van der Waals surface area contributed by atoms with Crippen LogP contribution in [0.25, 0.3) is 0 Å². The highest BCUT2D eigenvalue weighted by molar-refractivity contribution is 5.89. The summed E-state index contributed by atoms with van der Waals surface area (Å²) in [5.74, 6) is 2.04. The third kappa shape index (κ3) is 3.47. The molecule has 29 heavy (non-hydrogen) atoms. The fourth-order valence-electron chi connectivity index (χ4n) is 6.21. The predicted octanol–water partition coefficient (Wildman–Crippen LogP) is 3.73. The van der Waals surface area contributed by atoms with Crippen LogP contribution >= 0.6 is 0 Å². The summed E-state index contributed by atoms with van der Waals surface area (Å²) in [4.78, 5) is 27.4. The van der Waals surface area contributed by atoms with Gasteiger partial charge in [0.25, 0.3) is 5.91 Å². The smallest absolute Gasteiger partial charge is 0.377 e. The monoisotopic (exact) mass is 398 g/mol. The Morgan fingerprint density at radius 3 is 2.45 bits per heavy atom. The van der Waals surface area contributed by atoms with E-state index in [2.05, 4.69) is 5.16 Å². The van der Waals surface area contributed by atoms with Gasteiger partial charge in [-0.2, -0.15) is 0 Å². The summed E-state index contributed by atoms with van der Waals surface area (Å²) in [6.07, 6.45) is 8.64. The second kappa shape index (κ2) is 7.04. The van der Waals surface area contributed by atoms with Crippen molar-refractivity contribution in [1.82, 2.24) is 10.1 Å². The molecule has 0 spiro atoms. The third-order valence-electron chi connectivity index (χ3n) is 6.93. The molecule has 7 heteroatoms. The van der Waals surface area contributed by atoms with E-state index in [1.54, 1.807) is 13.2 Å². The Morgan fingerprint density at radius 1 is 1.21 bits per heavy atom. The molecule has 4 bridgehead atoms. The second-order valence-electron chi connectivity index (χ2n) is 9.11. The Hall–Kier alpha value is -2.57. The molecule has 4 aliphatic carbocycles.